The van der Waals surface area contributed by atoms with Gasteiger partial charge in [-0.1, -0.05) is 24.3 Å². The van der Waals surface area contributed by atoms with E-state index in [-0.39, 0.29) is 17.0 Å². The van der Waals surface area contributed by atoms with Crippen molar-refractivity contribution in [1.82, 2.24) is 0 Å². The lowest BCUT2D eigenvalue weighted by Crippen LogP contribution is -2.22. The van der Waals surface area contributed by atoms with E-state index in [1.54, 1.807) is 36.4 Å². The molecule has 0 aliphatic heterocycles. The Morgan fingerprint density at radius 1 is 0.964 bits per heavy atom. The summed E-state index contributed by atoms with van der Waals surface area (Å²) in [6.07, 6.45) is 1.38. The number of rotatable bonds is 6. The van der Waals surface area contributed by atoms with Crippen molar-refractivity contribution in [3.8, 4) is 0 Å². The van der Waals surface area contributed by atoms with Crippen molar-refractivity contribution in [2.75, 3.05) is 17.2 Å². The lowest BCUT2D eigenvalue weighted by molar-refractivity contribution is -0.119. The summed E-state index contributed by atoms with van der Waals surface area (Å²) in [5.41, 5.74) is 2.00. The van der Waals surface area contributed by atoms with Gasteiger partial charge in [-0.2, -0.15) is 0 Å². The molecule has 0 aliphatic rings. The van der Waals surface area contributed by atoms with E-state index in [1.807, 2.05) is 19.1 Å². The van der Waals surface area contributed by atoms with Crippen LogP contribution >= 0.6 is 0 Å². The van der Waals surface area contributed by atoms with Crippen LogP contribution in [0.1, 0.15) is 26.5 Å². The summed E-state index contributed by atoms with van der Waals surface area (Å²) in [5.74, 6) is -1.58. The van der Waals surface area contributed by atoms with Gasteiger partial charge in [0.25, 0.3) is 11.8 Å². The summed E-state index contributed by atoms with van der Waals surface area (Å²) in [4.78, 5) is 36.5. The topological polar surface area (TPSA) is 97.6 Å². The van der Waals surface area contributed by atoms with Gasteiger partial charge in [0.2, 0.25) is 0 Å². The van der Waals surface area contributed by atoms with Crippen LogP contribution in [0.2, 0.25) is 0 Å². The summed E-state index contributed by atoms with van der Waals surface area (Å²) in [6.45, 7) is 1.46. The molecule has 3 rings (SSSR count). The molecule has 7 nitrogen and oxygen atoms in total. The summed E-state index contributed by atoms with van der Waals surface area (Å²) in [5, 5.41) is 5.25. The summed E-state index contributed by atoms with van der Waals surface area (Å²) in [6, 6.07) is 16.7. The average Bonchev–Trinajstić information content (AvgIpc) is 3.21. The van der Waals surface area contributed by atoms with Crippen molar-refractivity contribution < 1.29 is 23.5 Å². The number of furan rings is 1. The van der Waals surface area contributed by atoms with Crippen LogP contribution in [0.25, 0.3) is 0 Å². The highest BCUT2D eigenvalue weighted by atomic mass is 16.5. The number of nitrogens with one attached hydrogen (secondary N) is 2. The predicted molar refractivity (Wildman–Crippen MR) is 103 cm³/mol. The monoisotopic (exact) mass is 378 g/mol. The van der Waals surface area contributed by atoms with E-state index in [0.717, 1.165) is 5.56 Å². The van der Waals surface area contributed by atoms with Crippen LogP contribution in [0.3, 0.4) is 0 Å². The number of hydrogen-bond acceptors (Lipinski definition) is 5. The van der Waals surface area contributed by atoms with Crippen molar-refractivity contribution in [3.05, 3.63) is 83.8 Å². The molecule has 0 unspecified atom stereocenters. The highest BCUT2D eigenvalue weighted by molar-refractivity contribution is 6.07. The van der Waals surface area contributed by atoms with E-state index in [2.05, 4.69) is 10.6 Å². The van der Waals surface area contributed by atoms with Crippen LogP contribution in [0.5, 0.6) is 0 Å². The van der Waals surface area contributed by atoms with E-state index in [9.17, 15) is 14.4 Å². The molecular formula is C21H18N2O5. The molecular weight excluding hydrogens is 360 g/mol. The number of amides is 2. The lowest BCUT2D eigenvalue weighted by atomic mass is 10.1. The molecule has 0 radical (unpaired) electrons. The van der Waals surface area contributed by atoms with Gasteiger partial charge in [0.15, 0.2) is 12.4 Å². The van der Waals surface area contributed by atoms with E-state index in [0.29, 0.717) is 5.69 Å². The van der Waals surface area contributed by atoms with Gasteiger partial charge in [-0.15, -0.1) is 0 Å². The Hall–Kier alpha value is -3.87. The number of esters is 1. The molecule has 0 spiro atoms. The predicted octanol–water partition coefficient (Wildman–Crippen LogP) is 3.64. The Morgan fingerprint density at radius 3 is 2.54 bits per heavy atom. The molecule has 2 amide bonds. The average molecular weight is 378 g/mol. The zero-order chi connectivity index (χ0) is 19.9. The van der Waals surface area contributed by atoms with E-state index >= 15 is 0 Å². The Kier molecular flexibility index (Phi) is 5.86. The SMILES string of the molecule is Cc1cccc(NC(=O)COC(=O)c2ccccc2NC(=O)c2ccco2)c1. The highest BCUT2D eigenvalue weighted by Gasteiger charge is 2.17. The maximum absolute atomic E-state index is 12.4. The molecule has 0 fully saturated rings. The first-order valence-corrected chi connectivity index (χ1v) is 8.50. The van der Waals surface area contributed by atoms with Crippen LogP contribution in [0.4, 0.5) is 11.4 Å². The minimum Gasteiger partial charge on any atom is -0.459 e. The molecule has 2 aromatic carbocycles. The smallest absolute Gasteiger partial charge is 0.340 e. The molecule has 2 N–H and O–H groups in total. The van der Waals surface area contributed by atoms with Crippen molar-refractivity contribution in [3.63, 3.8) is 0 Å². The second-order valence-corrected chi connectivity index (χ2v) is 5.97. The Labute approximate surface area is 161 Å². The summed E-state index contributed by atoms with van der Waals surface area (Å²) >= 11 is 0. The van der Waals surface area contributed by atoms with E-state index in [4.69, 9.17) is 9.15 Å². The molecule has 28 heavy (non-hydrogen) atoms. The van der Waals surface area contributed by atoms with Gasteiger partial charge in [0.05, 0.1) is 17.5 Å². The second-order valence-electron chi connectivity index (χ2n) is 5.97. The number of para-hydroxylation sites is 1. The third-order valence-electron chi connectivity index (χ3n) is 3.78. The number of carbonyl (C=O) groups excluding carboxylic acids is 3. The summed E-state index contributed by atoms with van der Waals surface area (Å²) in [7, 11) is 0. The Bertz CT molecular complexity index is 996. The van der Waals surface area contributed by atoms with Gasteiger partial charge in [-0.3, -0.25) is 9.59 Å². The first-order chi connectivity index (χ1) is 13.5. The number of benzene rings is 2. The van der Waals surface area contributed by atoms with Gasteiger partial charge in [0.1, 0.15) is 0 Å². The van der Waals surface area contributed by atoms with E-state index < -0.39 is 24.4 Å². The number of hydrogen-bond donors (Lipinski definition) is 2. The number of aryl methyl sites for hydroxylation is 1. The largest absolute Gasteiger partial charge is 0.459 e. The summed E-state index contributed by atoms with van der Waals surface area (Å²) < 4.78 is 10.1. The van der Waals surface area contributed by atoms with E-state index in [1.165, 1.54) is 18.4 Å². The molecule has 142 valence electrons. The maximum Gasteiger partial charge on any atom is 0.340 e. The quantitative estimate of drug-likeness (QED) is 0.638. The zero-order valence-corrected chi connectivity index (χ0v) is 15.1. The van der Waals surface area contributed by atoms with Gasteiger partial charge in [-0.05, 0) is 48.9 Å². The van der Waals surface area contributed by atoms with Crippen LogP contribution in [-0.4, -0.2) is 24.4 Å². The fourth-order valence-corrected chi connectivity index (χ4v) is 2.49. The molecule has 7 heteroatoms. The molecule has 0 aliphatic carbocycles. The van der Waals surface area contributed by atoms with Gasteiger partial charge >= 0.3 is 5.97 Å². The van der Waals surface area contributed by atoms with Gasteiger partial charge in [-0.25, -0.2) is 4.79 Å². The van der Waals surface area contributed by atoms with Gasteiger partial charge in [0, 0.05) is 5.69 Å². The number of anilines is 2. The van der Waals surface area contributed by atoms with Crippen LogP contribution in [0, 0.1) is 6.92 Å². The van der Waals surface area contributed by atoms with Crippen LogP contribution in [-0.2, 0) is 9.53 Å². The number of carbonyl (C=O) groups is 3. The molecule has 0 saturated carbocycles. The molecule has 0 saturated heterocycles. The maximum atomic E-state index is 12.4. The standard InChI is InChI=1S/C21H18N2O5/c1-14-6-4-7-15(12-14)22-19(24)13-28-21(26)16-8-2-3-9-17(16)23-20(25)18-10-5-11-27-18/h2-12H,13H2,1H3,(H,22,24)(H,23,25). The Morgan fingerprint density at radius 2 is 1.79 bits per heavy atom. The molecule has 3 aromatic rings. The zero-order valence-electron chi connectivity index (χ0n) is 15.1. The van der Waals surface area contributed by atoms with Gasteiger partial charge < -0.3 is 19.8 Å². The van der Waals surface area contributed by atoms with Crippen molar-refractivity contribution in [1.29, 1.82) is 0 Å². The minimum absolute atomic E-state index is 0.112. The fourth-order valence-electron chi connectivity index (χ4n) is 2.49. The molecule has 0 bridgehead atoms. The second kappa shape index (κ2) is 8.68. The minimum atomic E-state index is -0.727. The number of ether oxygens (including phenoxy) is 1. The first kappa shape index (κ1) is 18.9. The molecule has 1 heterocycles. The highest BCUT2D eigenvalue weighted by Crippen LogP contribution is 2.18. The third-order valence-corrected chi connectivity index (χ3v) is 3.78. The molecule has 0 atom stereocenters. The third kappa shape index (κ3) is 4.85. The van der Waals surface area contributed by atoms with Crippen LogP contribution in [0.15, 0.2) is 71.3 Å². The fraction of sp³-hybridized carbons (Fsp3) is 0.0952. The van der Waals surface area contributed by atoms with Crippen LogP contribution < -0.4 is 10.6 Å². The Balaban J connectivity index is 1.61. The van der Waals surface area contributed by atoms with Crippen molar-refractivity contribution in [2.24, 2.45) is 0 Å². The lowest BCUT2D eigenvalue weighted by Gasteiger charge is -2.10. The molecule has 1 aromatic heterocycles. The normalized spacial score (nSPS) is 10.2. The van der Waals surface area contributed by atoms with Crippen molar-refractivity contribution >= 4 is 29.2 Å². The first-order valence-electron chi connectivity index (χ1n) is 8.50. The van der Waals surface area contributed by atoms with Crippen molar-refractivity contribution in [2.45, 2.75) is 6.92 Å².